The van der Waals surface area contributed by atoms with E-state index in [0.717, 1.165) is 10.6 Å². The maximum atomic E-state index is 13.0. The Balaban J connectivity index is 2.77. The average Bonchev–Trinajstić information content (AvgIpc) is 2.22. The van der Waals surface area contributed by atoms with Crippen LogP contribution in [-0.4, -0.2) is 15.6 Å². The van der Waals surface area contributed by atoms with Crippen molar-refractivity contribution in [3.63, 3.8) is 0 Å². The fourth-order valence-electron chi connectivity index (χ4n) is 1.56. The first kappa shape index (κ1) is 10.4. The number of carboxylic acids is 1. The van der Waals surface area contributed by atoms with Gasteiger partial charge in [0.1, 0.15) is 12.4 Å². The molecule has 82 valence electrons. The van der Waals surface area contributed by atoms with Crippen LogP contribution in [0.15, 0.2) is 35.1 Å². The minimum Gasteiger partial charge on any atom is -0.480 e. The quantitative estimate of drug-likeness (QED) is 0.829. The van der Waals surface area contributed by atoms with Gasteiger partial charge in [-0.1, -0.05) is 0 Å². The van der Waals surface area contributed by atoms with Gasteiger partial charge in [-0.15, -0.1) is 0 Å². The van der Waals surface area contributed by atoms with Gasteiger partial charge in [-0.05, 0) is 29.7 Å². The van der Waals surface area contributed by atoms with Crippen molar-refractivity contribution >= 4 is 16.9 Å². The van der Waals surface area contributed by atoms with Gasteiger partial charge in [0, 0.05) is 6.07 Å². The third kappa shape index (κ3) is 1.79. The fourth-order valence-corrected chi connectivity index (χ4v) is 1.56. The number of benzene rings is 1. The summed E-state index contributed by atoms with van der Waals surface area (Å²) in [6, 6.07) is 6.72. The van der Waals surface area contributed by atoms with Gasteiger partial charge in [0.05, 0.1) is 5.52 Å². The van der Waals surface area contributed by atoms with Gasteiger partial charge >= 0.3 is 5.97 Å². The summed E-state index contributed by atoms with van der Waals surface area (Å²) in [7, 11) is 0. The Morgan fingerprint density at radius 2 is 2.00 bits per heavy atom. The summed E-state index contributed by atoms with van der Waals surface area (Å²) >= 11 is 0. The van der Waals surface area contributed by atoms with Crippen LogP contribution in [0.4, 0.5) is 4.39 Å². The Labute approximate surface area is 89.6 Å². The van der Waals surface area contributed by atoms with Crippen LogP contribution in [0.3, 0.4) is 0 Å². The van der Waals surface area contributed by atoms with Crippen molar-refractivity contribution in [3.8, 4) is 0 Å². The predicted molar refractivity (Wildman–Crippen MR) is 55.8 cm³/mol. The third-order valence-corrected chi connectivity index (χ3v) is 2.25. The van der Waals surface area contributed by atoms with Crippen LogP contribution >= 0.6 is 0 Å². The number of rotatable bonds is 2. The Hall–Kier alpha value is -2.17. The van der Waals surface area contributed by atoms with Crippen LogP contribution in [-0.2, 0) is 11.3 Å². The summed E-state index contributed by atoms with van der Waals surface area (Å²) in [4.78, 5) is 22.1. The molecule has 0 aliphatic rings. The highest BCUT2D eigenvalue weighted by molar-refractivity contribution is 5.80. The number of aliphatic carboxylic acids is 1. The maximum absolute atomic E-state index is 13.0. The van der Waals surface area contributed by atoms with Crippen molar-refractivity contribution in [2.24, 2.45) is 0 Å². The van der Waals surface area contributed by atoms with E-state index in [0.29, 0.717) is 5.39 Å². The monoisotopic (exact) mass is 221 g/mol. The second kappa shape index (κ2) is 3.77. The van der Waals surface area contributed by atoms with E-state index in [1.54, 1.807) is 0 Å². The predicted octanol–water partition coefficient (Wildman–Crippen LogP) is 1.23. The summed E-state index contributed by atoms with van der Waals surface area (Å²) in [6.45, 7) is -0.473. The largest absolute Gasteiger partial charge is 0.480 e. The smallest absolute Gasteiger partial charge is 0.323 e. The first-order valence-electron chi connectivity index (χ1n) is 4.59. The standard InChI is InChI=1S/C11H8FNO3/c12-8-3-1-7-2-4-10(14)13(6-11(15)16)9(7)5-8/h1-5H,6H2,(H,15,16). The Kier molecular flexibility index (Phi) is 2.44. The molecule has 0 unspecified atom stereocenters. The second-order valence-electron chi connectivity index (χ2n) is 3.35. The van der Waals surface area contributed by atoms with Crippen LogP contribution < -0.4 is 5.56 Å². The molecule has 0 amide bonds. The molecule has 16 heavy (non-hydrogen) atoms. The molecule has 1 aromatic carbocycles. The number of halogens is 1. The molecule has 1 heterocycles. The van der Waals surface area contributed by atoms with Crippen LogP contribution in [0, 0.1) is 5.82 Å². The molecule has 2 rings (SSSR count). The zero-order valence-corrected chi connectivity index (χ0v) is 8.18. The molecule has 0 saturated heterocycles. The topological polar surface area (TPSA) is 59.3 Å². The molecule has 5 heteroatoms. The maximum Gasteiger partial charge on any atom is 0.323 e. The van der Waals surface area contributed by atoms with E-state index in [1.165, 1.54) is 24.3 Å². The SMILES string of the molecule is O=C(O)Cn1c(=O)ccc2ccc(F)cc21. The number of pyridine rings is 1. The van der Waals surface area contributed by atoms with Gasteiger partial charge in [0.15, 0.2) is 0 Å². The molecule has 0 atom stereocenters. The average molecular weight is 221 g/mol. The van der Waals surface area contributed by atoms with E-state index in [2.05, 4.69) is 0 Å². The van der Waals surface area contributed by atoms with Crippen LogP contribution in [0.1, 0.15) is 0 Å². The minimum absolute atomic E-state index is 0.287. The molecule has 0 fully saturated rings. The molecule has 0 radical (unpaired) electrons. The summed E-state index contributed by atoms with van der Waals surface area (Å²) in [6.07, 6.45) is 0. The molecule has 1 aromatic heterocycles. The second-order valence-corrected chi connectivity index (χ2v) is 3.35. The van der Waals surface area contributed by atoms with Crippen molar-refractivity contribution in [1.29, 1.82) is 0 Å². The van der Waals surface area contributed by atoms with Gasteiger partial charge < -0.3 is 5.11 Å². The molecule has 0 bridgehead atoms. The molecule has 0 saturated carbocycles. The van der Waals surface area contributed by atoms with Gasteiger partial charge in [-0.25, -0.2) is 4.39 Å². The zero-order chi connectivity index (χ0) is 11.7. The van der Waals surface area contributed by atoms with Crippen molar-refractivity contribution in [2.45, 2.75) is 6.54 Å². The summed E-state index contributed by atoms with van der Waals surface area (Å²) < 4.78 is 14.1. The minimum atomic E-state index is -1.14. The van der Waals surface area contributed by atoms with Gasteiger partial charge in [0.2, 0.25) is 0 Å². The van der Waals surface area contributed by atoms with E-state index < -0.39 is 23.9 Å². The highest BCUT2D eigenvalue weighted by atomic mass is 19.1. The first-order valence-corrected chi connectivity index (χ1v) is 4.59. The number of carboxylic acid groups (broad SMARTS) is 1. The van der Waals surface area contributed by atoms with Crippen LogP contribution in [0.2, 0.25) is 0 Å². The van der Waals surface area contributed by atoms with Crippen molar-refractivity contribution in [1.82, 2.24) is 4.57 Å². The Morgan fingerprint density at radius 1 is 1.31 bits per heavy atom. The van der Waals surface area contributed by atoms with Crippen LogP contribution in [0.5, 0.6) is 0 Å². The molecular formula is C11H8FNO3. The van der Waals surface area contributed by atoms with E-state index >= 15 is 0 Å². The van der Waals surface area contributed by atoms with Crippen molar-refractivity contribution in [3.05, 3.63) is 46.5 Å². The number of fused-ring (bicyclic) bond motifs is 1. The molecule has 1 N–H and O–H groups in total. The highest BCUT2D eigenvalue weighted by Crippen LogP contribution is 2.13. The number of hydrogen-bond acceptors (Lipinski definition) is 2. The van der Waals surface area contributed by atoms with Gasteiger partial charge in [-0.2, -0.15) is 0 Å². The molecular weight excluding hydrogens is 213 g/mol. The lowest BCUT2D eigenvalue weighted by atomic mass is 10.2. The third-order valence-electron chi connectivity index (χ3n) is 2.25. The Morgan fingerprint density at radius 3 is 2.69 bits per heavy atom. The molecule has 0 aliphatic heterocycles. The van der Waals surface area contributed by atoms with E-state index in [9.17, 15) is 14.0 Å². The van der Waals surface area contributed by atoms with Crippen molar-refractivity contribution < 1.29 is 14.3 Å². The van der Waals surface area contributed by atoms with E-state index in [1.807, 2.05) is 0 Å². The lowest BCUT2D eigenvalue weighted by molar-refractivity contribution is -0.137. The van der Waals surface area contributed by atoms with Gasteiger partial charge in [-0.3, -0.25) is 14.2 Å². The van der Waals surface area contributed by atoms with Gasteiger partial charge in [0.25, 0.3) is 5.56 Å². The number of carbonyl (C=O) groups is 1. The summed E-state index contributed by atoms with van der Waals surface area (Å²) in [5, 5.41) is 9.29. The lowest BCUT2D eigenvalue weighted by Gasteiger charge is -2.07. The van der Waals surface area contributed by atoms with Crippen molar-refractivity contribution in [2.75, 3.05) is 0 Å². The number of aromatic nitrogens is 1. The summed E-state index contributed by atoms with van der Waals surface area (Å²) in [5.74, 6) is -1.64. The van der Waals surface area contributed by atoms with E-state index in [4.69, 9.17) is 5.11 Å². The lowest BCUT2D eigenvalue weighted by Crippen LogP contribution is -2.23. The number of hydrogen-bond donors (Lipinski definition) is 1. The normalized spacial score (nSPS) is 10.6. The van der Waals surface area contributed by atoms with Crippen LogP contribution in [0.25, 0.3) is 10.9 Å². The first-order chi connectivity index (χ1) is 7.58. The molecule has 0 aliphatic carbocycles. The Bertz CT molecular complexity index is 618. The summed E-state index contributed by atoms with van der Waals surface area (Å²) in [5.41, 5.74) is -0.171. The molecule has 4 nitrogen and oxygen atoms in total. The number of nitrogens with zero attached hydrogens (tertiary/aromatic N) is 1. The molecule has 0 spiro atoms. The van der Waals surface area contributed by atoms with E-state index in [-0.39, 0.29) is 5.52 Å². The fraction of sp³-hybridized carbons (Fsp3) is 0.0909. The molecule has 2 aromatic rings. The highest BCUT2D eigenvalue weighted by Gasteiger charge is 2.07. The zero-order valence-electron chi connectivity index (χ0n) is 8.18.